The van der Waals surface area contributed by atoms with Crippen LogP contribution >= 0.6 is 0 Å². The standard InChI is InChI=1S/C18H22N6O3/c25-17(11-24-12-21-14(9-18(24)26)13-1-2-13)20-10-15-19-4-3-16(22-15)23-5-7-27-8-6-23/h3-4,9,12-13H,1-2,5-8,10-11H2,(H,20,25). The van der Waals surface area contributed by atoms with Gasteiger partial charge in [-0.1, -0.05) is 0 Å². The number of carbonyl (C=O) groups excluding carboxylic acids is 1. The van der Waals surface area contributed by atoms with E-state index in [0.29, 0.717) is 25.0 Å². The number of nitrogens with zero attached hydrogens (tertiary/aromatic N) is 5. The highest BCUT2D eigenvalue weighted by molar-refractivity contribution is 5.75. The highest BCUT2D eigenvalue weighted by atomic mass is 16.5. The van der Waals surface area contributed by atoms with Crippen LogP contribution in [0.3, 0.4) is 0 Å². The Hall–Kier alpha value is -2.81. The van der Waals surface area contributed by atoms with E-state index in [4.69, 9.17) is 4.74 Å². The van der Waals surface area contributed by atoms with Gasteiger partial charge in [-0.3, -0.25) is 14.2 Å². The second kappa shape index (κ2) is 7.83. The van der Waals surface area contributed by atoms with Crippen molar-refractivity contribution in [1.29, 1.82) is 0 Å². The van der Waals surface area contributed by atoms with Gasteiger partial charge in [-0.15, -0.1) is 0 Å². The molecule has 2 aromatic heterocycles. The van der Waals surface area contributed by atoms with E-state index in [2.05, 4.69) is 25.2 Å². The van der Waals surface area contributed by atoms with Crippen molar-refractivity contribution in [2.24, 2.45) is 0 Å². The first-order valence-corrected chi connectivity index (χ1v) is 9.17. The summed E-state index contributed by atoms with van der Waals surface area (Å²) in [5.74, 6) is 1.49. The molecule has 1 amide bonds. The Labute approximate surface area is 156 Å². The molecule has 1 N–H and O–H groups in total. The fraction of sp³-hybridized carbons (Fsp3) is 0.500. The van der Waals surface area contributed by atoms with E-state index >= 15 is 0 Å². The van der Waals surface area contributed by atoms with Crippen LogP contribution in [-0.2, 0) is 22.6 Å². The fourth-order valence-electron chi connectivity index (χ4n) is 2.99. The van der Waals surface area contributed by atoms with Crippen LogP contribution in [0.2, 0.25) is 0 Å². The summed E-state index contributed by atoms with van der Waals surface area (Å²) in [6.45, 7) is 3.07. The maximum Gasteiger partial charge on any atom is 0.254 e. The highest BCUT2D eigenvalue weighted by Gasteiger charge is 2.25. The molecule has 0 atom stereocenters. The molecule has 0 radical (unpaired) electrons. The van der Waals surface area contributed by atoms with Crippen LogP contribution in [0.25, 0.3) is 0 Å². The summed E-state index contributed by atoms with van der Waals surface area (Å²) in [4.78, 5) is 39.4. The van der Waals surface area contributed by atoms with E-state index in [-0.39, 0.29) is 24.6 Å². The van der Waals surface area contributed by atoms with Crippen molar-refractivity contribution in [3.63, 3.8) is 0 Å². The zero-order valence-corrected chi connectivity index (χ0v) is 15.0. The number of hydrogen-bond donors (Lipinski definition) is 1. The summed E-state index contributed by atoms with van der Waals surface area (Å²) < 4.78 is 6.66. The second-order valence-corrected chi connectivity index (χ2v) is 6.76. The lowest BCUT2D eigenvalue weighted by molar-refractivity contribution is -0.121. The first-order valence-electron chi connectivity index (χ1n) is 9.17. The monoisotopic (exact) mass is 370 g/mol. The zero-order valence-electron chi connectivity index (χ0n) is 15.0. The second-order valence-electron chi connectivity index (χ2n) is 6.76. The van der Waals surface area contributed by atoms with Gasteiger partial charge in [0.1, 0.15) is 18.2 Å². The lowest BCUT2D eigenvalue weighted by Crippen LogP contribution is -2.37. The third-order valence-electron chi connectivity index (χ3n) is 4.68. The summed E-state index contributed by atoms with van der Waals surface area (Å²) in [6.07, 6.45) is 5.30. The van der Waals surface area contributed by atoms with Crippen molar-refractivity contribution >= 4 is 11.7 Å². The normalized spacial score (nSPS) is 17.0. The molecule has 0 spiro atoms. The van der Waals surface area contributed by atoms with Crippen LogP contribution in [0.4, 0.5) is 5.82 Å². The number of hydrogen-bond acceptors (Lipinski definition) is 7. The van der Waals surface area contributed by atoms with Crippen LogP contribution in [0.1, 0.15) is 30.3 Å². The summed E-state index contributed by atoms with van der Waals surface area (Å²) in [7, 11) is 0. The summed E-state index contributed by atoms with van der Waals surface area (Å²) in [5.41, 5.74) is 0.623. The lowest BCUT2D eigenvalue weighted by Gasteiger charge is -2.27. The Kier molecular flexibility index (Phi) is 5.10. The Morgan fingerprint density at radius 1 is 1.26 bits per heavy atom. The van der Waals surface area contributed by atoms with E-state index < -0.39 is 0 Å². The largest absolute Gasteiger partial charge is 0.378 e. The number of anilines is 1. The molecule has 3 heterocycles. The number of amides is 1. The van der Waals surface area contributed by atoms with Crippen LogP contribution in [0.5, 0.6) is 0 Å². The van der Waals surface area contributed by atoms with E-state index in [1.165, 1.54) is 17.0 Å². The number of morpholine rings is 1. The topological polar surface area (TPSA) is 102 Å². The molecule has 0 aromatic carbocycles. The molecule has 142 valence electrons. The maximum atomic E-state index is 12.2. The SMILES string of the molecule is O=C(Cn1cnc(C2CC2)cc1=O)NCc1nccc(N2CCOCC2)n1. The minimum Gasteiger partial charge on any atom is -0.378 e. The van der Waals surface area contributed by atoms with E-state index in [9.17, 15) is 9.59 Å². The summed E-state index contributed by atoms with van der Waals surface area (Å²) in [6, 6.07) is 3.38. The van der Waals surface area contributed by atoms with Gasteiger partial charge in [-0.25, -0.2) is 15.0 Å². The molecular formula is C18H22N6O3. The molecule has 0 unspecified atom stereocenters. The van der Waals surface area contributed by atoms with Crippen molar-refractivity contribution in [3.8, 4) is 0 Å². The molecule has 1 aliphatic carbocycles. The molecule has 27 heavy (non-hydrogen) atoms. The summed E-state index contributed by atoms with van der Waals surface area (Å²) in [5, 5.41) is 2.76. The Morgan fingerprint density at radius 3 is 2.81 bits per heavy atom. The lowest BCUT2D eigenvalue weighted by atomic mass is 10.3. The molecule has 2 aromatic rings. The van der Waals surface area contributed by atoms with Gasteiger partial charge in [0.05, 0.1) is 31.8 Å². The van der Waals surface area contributed by atoms with E-state index in [1.807, 2.05) is 6.07 Å². The van der Waals surface area contributed by atoms with Crippen molar-refractivity contribution in [1.82, 2.24) is 24.8 Å². The molecule has 9 nitrogen and oxygen atoms in total. The maximum absolute atomic E-state index is 12.2. The average molecular weight is 370 g/mol. The number of carbonyl (C=O) groups is 1. The Balaban J connectivity index is 1.33. The smallest absolute Gasteiger partial charge is 0.254 e. The Morgan fingerprint density at radius 2 is 2.07 bits per heavy atom. The quantitative estimate of drug-likeness (QED) is 0.767. The molecule has 4 rings (SSSR count). The van der Waals surface area contributed by atoms with Crippen molar-refractivity contribution in [2.75, 3.05) is 31.2 Å². The van der Waals surface area contributed by atoms with Gasteiger partial charge in [0.2, 0.25) is 5.91 Å². The summed E-state index contributed by atoms with van der Waals surface area (Å²) >= 11 is 0. The van der Waals surface area contributed by atoms with Gasteiger partial charge in [0, 0.05) is 31.3 Å². The van der Waals surface area contributed by atoms with Crippen molar-refractivity contribution < 1.29 is 9.53 Å². The van der Waals surface area contributed by atoms with Crippen molar-refractivity contribution in [3.05, 3.63) is 46.5 Å². The van der Waals surface area contributed by atoms with Gasteiger partial charge < -0.3 is 15.0 Å². The van der Waals surface area contributed by atoms with Crippen LogP contribution < -0.4 is 15.8 Å². The third-order valence-corrected chi connectivity index (χ3v) is 4.68. The number of aromatic nitrogens is 4. The first-order chi connectivity index (χ1) is 13.2. The molecular weight excluding hydrogens is 348 g/mol. The van der Waals surface area contributed by atoms with Gasteiger partial charge in [-0.05, 0) is 18.9 Å². The number of ether oxygens (including phenoxy) is 1. The molecule has 2 aliphatic rings. The number of rotatable bonds is 6. The van der Waals surface area contributed by atoms with Crippen LogP contribution in [-0.4, -0.2) is 51.7 Å². The molecule has 2 fully saturated rings. The van der Waals surface area contributed by atoms with Gasteiger partial charge >= 0.3 is 0 Å². The fourth-order valence-corrected chi connectivity index (χ4v) is 2.99. The molecule has 9 heteroatoms. The van der Waals surface area contributed by atoms with Gasteiger partial charge in [0.15, 0.2) is 0 Å². The van der Waals surface area contributed by atoms with Crippen molar-refractivity contribution in [2.45, 2.75) is 31.8 Å². The minimum absolute atomic E-state index is 0.0695. The first kappa shape index (κ1) is 17.6. The highest BCUT2D eigenvalue weighted by Crippen LogP contribution is 2.38. The van der Waals surface area contributed by atoms with E-state index in [1.54, 1.807) is 6.20 Å². The van der Waals surface area contributed by atoms with Gasteiger partial charge in [0.25, 0.3) is 5.56 Å². The molecule has 0 bridgehead atoms. The van der Waals surface area contributed by atoms with Gasteiger partial charge in [-0.2, -0.15) is 0 Å². The molecule has 1 saturated carbocycles. The van der Waals surface area contributed by atoms with Crippen LogP contribution in [0, 0.1) is 0 Å². The minimum atomic E-state index is -0.279. The molecule has 1 aliphatic heterocycles. The van der Waals surface area contributed by atoms with Crippen LogP contribution in [0.15, 0.2) is 29.5 Å². The zero-order chi connectivity index (χ0) is 18.6. The van der Waals surface area contributed by atoms with E-state index in [0.717, 1.165) is 37.4 Å². The third kappa shape index (κ3) is 4.48. The number of nitrogens with one attached hydrogen (secondary N) is 1. The Bertz CT molecular complexity index is 873. The molecule has 1 saturated heterocycles. The predicted octanol–water partition coefficient (Wildman–Crippen LogP) is 0.0637. The predicted molar refractivity (Wildman–Crippen MR) is 97.4 cm³/mol. The average Bonchev–Trinajstić information content (AvgIpc) is 3.54.